The maximum atomic E-state index is 12.5. The fraction of sp³-hybridized carbons (Fsp3) is 0.333. The first-order valence-electron chi connectivity index (χ1n) is 6.30. The van der Waals surface area contributed by atoms with Crippen LogP contribution in [0.2, 0.25) is 0 Å². The fourth-order valence-electron chi connectivity index (χ4n) is 2.60. The molecule has 0 bridgehead atoms. The summed E-state index contributed by atoms with van der Waals surface area (Å²) in [6, 6.07) is 8.02. The predicted octanol–water partition coefficient (Wildman–Crippen LogP) is 3.75. The summed E-state index contributed by atoms with van der Waals surface area (Å²) in [5.74, 6) is 0.209. The summed E-state index contributed by atoms with van der Waals surface area (Å²) in [6.45, 7) is 2.04. The lowest BCUT2D eigenvalue weighted by Crippen LogP contribution is -2.19. The SMILES string of the molecule is Cc1ccc(C(=O)C2CCCc3cccnc32)s1. The number of carbonyl (C=O) groups excluding carboxylic acids is 1. The molecule has 2 heterocycles. The van der Waals surface area contributed by atoms with Gasteiger partial charge < -0.3 is 0 Å². The molecule has 0 aromatic carbocycles. The van der Waals surface area contributed by atoms with Crippen LogP contribution in [0.5, 0.6) is 0 Å². The molecule has 92 valence electrons. The van der Waals surface area contributed by atoms with E-state index in [9.17, 15) is 4.79 Å². The highest BCUT2D eigenvalue weighted by Crippen LogP contribution is 2.33. The molecule has 3 heteroatoms. The van der Waals surface area contributed by atoms with E-state index in [2.05, 4.69) is 11.1 Å². The van der Waals surface area contributed by atoms with E-state index in [1.807, 2.05) is 25.1 Å². The van der Waals surface area contributed by atoms with E-state index in [1.165, 1.54) is 10.4 Å². The molecule has 1 aliphatic rings. The second-order valence-electron chi connectivity index (χ2n) is 4.77. The first-order chi connectivity index (χ1) is 8.75. The molecule has 0 N–H and O–H groups in total. The lowest BCUT2D eigenvalue weighted by Gasteiger charge is -2.22. The summed E-state index contributed by atoms with van der Waals surface area (Å²) in [5, 5.41) is 0. The Morgan fingerprint density at radius 1 is 1.39 bits per heavy atom. The molecule has 2 aromatic rings. The summed E-state index contributed by atoms with van der Waals surface area (Å²) in [7, 11) is 0. The molecule has 0 amide bonds. The van der Waals surface area contributed by atoms with Gasteiger partial charge in [-0.05, 0) is 49.9 Å². The molecule has 1 unspecified atom stereocenters. The van der Waals surface area contributed by atoms with E-state index in [1.54, 1.807) is 17.5 Å². The average molecular weight is 257 g/mol. The number of hydrogen-bond acceptors (Lipinski definition) is 3. The van der Waals surface area contributed by atoms with Crippen molar-refractivity contribution in [3.63, 3.8) is 0 Å². The highest BCUT2D eigenvalue weighted by atomic mass is 32.1. The molecule has 0 saturated carbocycles. The van der Waals surface area contributed by atoms with Crippen LogP contribution < -0.4 is 0 Å². The highest BCUT2D eigenvalue weighted by Gasteiger charge is 2.28. The van der Waals surface area contributed by atoms with E-state index >= 15 is 0 Å². The number of carbonyl (C=O) groups is 1. The molecule has 0 radical (unpaired) electrons. The van der Waals surface area contributed by atoms with E-state index < -0.39 is 0 Å². The molecule has 18 heavy (non-hydrogen) atoms. The van der Waals surface area contributed by atoms with Gasteiger partial charge in [0.05, 0.1) is 16.5 Å². The number of thiophene rings is 1. The third-order valence-electron chi connectivity index (χ3n) is 3.49. The molecule has 1 aliphatic carbocycles. The van der Waals surface area contributed by atoms with Crippen LogP contribution in [0.1, 0.15) is 44.6 Å². The third-order valence-corrected chi connectivity index (χ3v) is 4.51. The minimum absolute atomic E-state index is 0.0343. The van der Waals surface area contributed by atoms with Gasteiger partial charge in [-0.3, -0.25) is 9.78 Å². The standard InChI is InChI=1S/C15H15NOS/c1-10-7-8-13(18-10)15(17)12-6-2-4-11-5-3-9-16-14(11)12/h3,5,7-9,12H,2,4,6H2,1H3. The van der Waals surface area contributed by atoms with Crippen LogP contribution in [0.25, 0.3) is 0 Å². The molecule has 2 aromatic heterocycles. The van der Waals surface area contributed by atoms with Crippen molar-refractivity contribution in [2.45, 2.75) is 32.1 Å². The Balaban J connectivity index is 1.96. The van der Waals surface area contributed by atoms with E-state index in [0.717, 1.165) is 29.8 Å². The van der Waals surface area contributed by atoms with Gasteiger partial charge in [-0.1, -0.05) is 6.07 Å². The van der Waals surface area contributed by atoms with E-state index in [4.69, 9.17) is 0 Å². The molecule has 3 rings (SSSR count). The van der Waals surface area contributed by atoms with E-state index in [0.29, 0.717) is 0 Å². The van der Waals surface area contributed by atoms with Crippen LogP contribution in [0.3, 0.4) is 0 Å². The summed E-state index contributed by atoms with van der Waals surface area (Å²) in [6.07, 6.45) is 4.86. The molecular weight excluding hydrogens is 242 g/mol. The first-order valence-corrected chi connectivity index (χ1v) is 7.12. The van der Waals surface area contributed by atoms with Gasteiger partial charge in [0.2, 0.25) is 0 Å². The summed E-state index contributed by atoms with van der Waals surface area (Å²) >= 11 is 1.59. The van der Waals surface area contributed by atoms with Gasteiger partial charge >= 0.3 is 0 Å². The Kier molecular flexibility index (Phi) is 3.00. The van der Waals surface area contributed by atoms with Gasteiger partial charge in [0, 0.05) is 11.1 Å². The third kappa shape index (κ3) is 1.99. The van der Waals surface area contributed by atoms with Crippen LogP contribution >= 0.6 is 11.3 Å². The topological polar surface area (TPSA) is 30.0 Å². The van der Waals surface area contributed by atoms with Crippen molar-refractivity contribution in [2.75, 3.05) is 0 Å². The number of pyridine rings is 1. The summed E-state index contributed by atoms with van der Waals surface area (Å²) in [4.78, 5) is 19.0. The zero-order chi connectivity index (χ0) is 12.5. The zero-order valence-electron chi connectivity index (χ0n) is 10.3. The Labute approximate surface area is 111 Å². The predicted molar refractivity (Wildman–Crippen MR) is 73.3 cm³/mol. The molecule has 0 aliphatic heterocycles. The lowest BCUT2D eigenvalue weighted by atomic mass is 9.83. The number of aryl methyl sites for hydroxylation is 2. The second-order valence-corrected chi connectivity index (χ2v) is 6.06. The number of fused-ring (bicyclic) bond motifs is 1. The van der Waals surface area contributed by atoms with Crippen molar-refractivity contribution in [3.8, 4) is 0 Å². The van der Waals surface area contributed by atoms with Crippen molar-refractivity contribution in [3.05, 3.63) is 51.5 Å². The van der Waals surface area contributed by atoms with Gasteiger partial charge in [-0.25, -0.2) is 0 Å². The number of nitrogens with zero attached hydrogens (tertiary/aromatic N) is 1. The fourth-order valence-corrected chi connectivity index (χ4v) is 3.47. The Hall–Kier alpha value is -1.48. The Bertz CT molecular complexity index is 588. The highest BCUT2D eigenvalue weighted by molar-refractivity contribution is 7.14. The van der Waals surface area contributed by atoms with Crippen molar-refractivity contribution < 1.29 is 4.79 Å². The normalized spacial score (nSPS) is 18.4. The zero-order valence-corrected chi connectivity index (χ0v) is 11.2. The average Bonchev–Trinajstić information content (AvgIpc) is 2.84. The van der Waals surface area contributed by atoms with Crippen LogP contribution in [0, 0.1) is 6.92 Å². The quantitative estimate of drug-likeness (QED) is 0.767. The lowest BCUT2D eigenvalue weighted by molar-refractivity contribution is 0.0953. The van der Waals surface area contributed by atoms with Gasteiger partial charge in [0.1, 0.15) is 0 Å². The number of aromatic nitrogens is 1. The van der Waals surface area contributed by atoms with Crippen LogP contribution in [0.4, 0.5) is 0 Å². The molecule has 1 atom stereocenters. The summed E-state index contributed by atoms with van der Waals surface area (Å²) < 4.78 is 0. The maximum Gasteiger partial charge on any atom is 0.181 e. The van der Waals surface area contributed by atoms with Crippen molar-refractivity contribution in [1.29, 1.82) is 0 Å². The van der Waals surface area contributed by atoms with Gasteiger partial charge in [-0.2, -0.15) is 0 Å². The van der Waals surface area contributed by atoms with Crippen molar-refractivity contribution in [2.24, 2.45) is 0 Å². The smallest absolute Gasteiger partial charge is 0.181 e. The largest absolute Gasteiger partial charge is 0.293 e. The minimum Gasteiger partial charge on any atom is -0.293 e. The van der Waals surface area contributed by atoms with E-state index in [-0.39, 0.29) is 11.7 Å². The molecule has 0 saturated heterocycles. The first kappa shape index (κ1) is 11.6. The number of hydrogen-bond donors (Lipinski definition) is 0. The molecule has 0 fully saturated rings. The molecule has 0 spiro atoms. The second kappa shape index (κ2) is 4.65. The van der Waals surface area contributed by atoms with Crippen molar-refractivity contribution >= 4 is 17.1 Å². The van der Waals surface area contributed by atoms with Crippen LogP contribution in [-0.4, -0.2) is 10.8 Å². The van der Waals surface area contributed by atoms with Gasteiger partial charge in [0.15, 0.2) is 5.78 Å². The van der Waals surface area contributed by atoms with Crippen LogP contribution in [-0.2, 0) is 6.42 Å². The minimum atomic E-state index is -0.0343. The van der Waals surface area contributed by atoms with Gasteiger partial charge in [0.25, 0.3) is 0 Å². The Morgan fingerprint density at radius 2 is 2.28 bits per heavy atom. The van der Waals surface area contributed by atoms with Crippen molar-refractivity contribution in [1.82, 2.24) is 4.98 Å². The molecular formula is C15H15NOS. The number of ketones is 1. The Morgan fingerprint density at radius 3 is 3.06 bits per heavy atom. The number of rotatable bonds is 2. The monoisotopic (exact) mass is 257 g/mol. The molecule has 2 nitrogen and oxygen atoms in total. The van der Waals surface area contributed by atoms with Crippen LogP contribution in [0.15, 0.2) is 30.5 Å². The number of Topliss-reactive ketones (excluding diaryl/α,β-unsaturated/α-hetero) is 1. The maximum absolute atomic E-state index is 12.5. The van der Waals surface area contributed by atoms with Gasteiger partial charge in [-0.15, -0.1) is 11.3 Å². The summed E-state index contributed by atoms with van der Waals surface area (Å²) in [5.41, 5.74) is 2.25.